The molecule has 0 aliphatic heterocycles. The molecule has 0 radical (unpaired) electrons. The Morgan fingerprint density at radius 2 is 2.31 bits per heavy atom. The first-order valence-corrected chi connectivity index (χ1v) is 5.96. The minimum Gasteiger partial charge on any atom is -0.497 e. The Labute approximate surface area is 99.1 Å². The monoisotopic (exact) mass is 234 g/mol. The number of thiazole rings is 1. The molecule has 3 nitrogen and oxygen atoms in total. The maximum Gasteiger partial charge on any atom is 0.120 e. The van der Waals surface area contributed by atoms with Crippen LogP contribution >= 0.6 is 11.3 Å². The Hall–Kier alpha value is -1.55. The molecule has 0 saturated heterocycles. The predicted molar refractivity (Wildman–Crippen MR) is 67.1 cm³/mol. The summed E-state index contributed by atoms with van der Waals surface area (Å²) >= 11 is 1.66. The van der Waals surface area contributed by atoms with Gasteiger partial charge in [0, 0.05) is 22.8 Å². The number of nitrogens with one attached hydrogen (secondary N) is 1. The van der Waals surface area contributed by atoms with Crippen LogP contribution in [-0.2, 0) is 0 Å². The van der Waals surface area contributed by atoms with Crippen molar-refractivity contribution in [3.63, 3.8) is 0 Å². The molecule has 0 amide bonds. The number of methoxy groups -OCH3 is 1. The molecule has 0 aliphatic rings. The van der Waals surface area contributed by atoms with Crippen LogP contribution in [0.3, 0.4) is 0 Å². The van der Waals surface area contributed by atoms with Gasteiger partial charge in [0.1, 0.15) is 5.75 Å². The van der Waals surface area contributed by atoms with Crippen LogP contribution in [0.15, 0.2) is 36.0 Å². The molecule has 0 aliphatic carbocycles. The van der Waals surface area contributed by atoms with Crippen LogP contribution in [0, 0.1) is 0 Å². The summed E-state index contributed by atoms with van der Waals surface area (Å²) in [6.45, 7) is 2.12. The zero-order valence-corrected chi connectivity index (χ0v) is 10.1. The van der Waals surface area contributed by atoms with Crippen LogP contribution in [-0.4, -0.2) is 12.1 Å². The molecule has 2 aromatic rings. The van der Waals surface area contributed by atoms with Crippen LogP contribution in [0.4, 0.5) is 5.69 Å². The van der Waals surface area contributed by atoms with Crippen molar-refractivity contribution in [1.29, 1.82) is 0 Å². The van der Waals surface area contributed by atoms with Gasteiger partial charge in [-0.05, 0) is 19.1 Å². The van der Waals surface area contributed by atoms with Crippen molar-refractivity contribution in [2.24, 2.45) is 0 Å². The maximum absolute atomic E-state index is 5.18. The standard InChI is InChI=1S/C12H14N2OS/c1-9(12-7-13-8-16-12)14-10-4-3-5-11(6-10)15-2/h3-9,14H,1-2H3. The Balaban J connectivity index is 2.08. The highest BCUT2D eigenvalue weighted by Gasteiger charge is 2.06. The van der Waals surface area contributed by atoms with E-state index in [-0.39, 0.29) is 6.04 Å². The third kappa shape index (κ3) is 2.52. The van der Waals surface area contributed by atoms with Gasteiger partial charge in [-0.15, -0.1) is 11.3 Å². The zero-order chi connectivity index (χ0) is 11.4. The molecule has 2 rings (SSSR count). The summed E-state index contributed by atoms with van der Waals surface area (Å²) in [4.78, 5) is 5.30. The zero-order valence-electron chi connectivity index (χ0n) is 9.31. The molecule has 4 heteroatoms. The first-order valence-electron chi connectivity index (χ1n) is 5.08. The summed E-state index contributed by atoms with van der Waals surface area (Å²) in [5.74, 6) is 0.863. The molecular weight excluding hydrogens is 220 g/mol. The largest absolute Gasteiger partial charge is 0.497 e. The summed E-state index contributed by atoms with van der Waals surface area (Å²) < 4.78 is 5.18. The lowest BCUT2D eigenvalue weighted by molar-refractivity contribution is 0.415. The van der Waals surface area contributed by atoms with Crippen LogP contribution in [0.25, 0.3) is 0 Å². The number of anilines is 1. The normalized spacial score (nSPS) is 12.1. The second kappa shape index (κ2) is 4.99. The second-order valence-corrected chi connectivity index (χ2v) is 4.42. The Morgan fingerprint density at radius 1 is 1.44 bits per heavy atom. The predicted octanol–water partition coefficient (Wildman–Crippen LogP) is 3.32. The van der Waals surface area contributed by atoms with E-state index in [0.29, 0.717) is 0 Å². The number of benzene rings is 1. The molecular formula is C12H14N2OS. The number of ether oxygens (including phenoxy) is 1. The molecule has 0 fully saturated rings. The van der Waals surface area contributed by atoms with E-state index < -0.39 is 0 Å². The maximum atomic E-state index is 5.18. The van der Waals surface area contributed by atoms with Gasteiger partial charge in [-0.1, -0.05) is 6.07 Å². The topological polar surface area (TPSA) is 34.1 Å². The summed E-state index contributed by atoms with van der Waals surface area (Å²) in [6.07, 6.45) is 1.89. The Morgan fingerprint density at radius 3 is 3.00 bits per heavy atom. The molecule has 0 saturated carbocycles. The van der Waals surface area contributed by atoms with Gasteiger partial charge in [-0.2, -0.15) is 0 Å². The molecule has 1 unspecified atom stereocenters. The van der Waals surface area contributed by atoms with Gasteiger partial charge in [0.2, 0.25) is 0 Å². The Kier molecular flexibility index (Phi) is 3.41. The third-order valence-electron chi connectivity index (χ3n) is 2.33. The lowest BCUT2D eigenvalue weighted by atomic mass is 10.2. The SMILES string of the molecule is COc1cccc(NC(C)c2cncs2)c1. The van der Waals surface area contributed by atoms with Crippen LogP contribution in [0.1, 0.15) is 17.8 Å². The minimum atomic E-state index is 0.264. The van der Waals surface area contributed by atoms with Crippen molar-refractivity contribution in [1.82, 2.24) is 4.98 Å². The number of rotatable bonds is 4. The summed E-state index contributed by atoms with van der Waals surface area (Å²) in [5, 5.41) is 3.41. The van der Waals surface area contributed by atoms with Gasteiger partial charge in [0.15, 0.2) is 0 Å². The molecule has 84 valence electrons. The molecule has 1 atom stereocenters. The summed E-state index contributed by atoms with van der Waals surface area (Å²) in [7, 11) is 1.67. The number of hydrogen-bond acceptors (Lipinski definition) is 4. The molecule has 0 spiro atoms. The highest BCUT2D eigenvalue weighted by atomic mass is 32.1. The van der Waals surface area contributed by atoms with E-state index in [1.54, 1.807) is 18.4 Å². The van der Waals surface area contributed by atoms with Crippen LogP contribution < -0.4 is 10.1 Å². The first kappa shape index (κ1) is 11.0. The fraction of sp³-hybridized carbons (Fsp3) is 0.250. The molecule has 0 bridgehead atoms. The van der Waals surface area contributed by atoms with Gasteiger partial charge in [-0.3, -0.25) is 4.98 Å². The van der Waals surface area contributed by atoms with Crippen molar-refractivity contribution in [3.8, 4) is 5.75 Å². The lowest BCUT2D eigenvalue weighted by Gasteiger charge is -2.13. The van der Waals surface area contributed by atoms with E-state index in [1.165, 1.54) is 4.88 Å². The fourth-order valence-electron chi connectivity index (χ4n) is 1.47. The summed E-state index contributed by atoms with van der Waals surface area (Å²) in [5.41, 5.74) is 2.90. The highest BCUT2D eigenvalue weighted by molar-refractivity contribution is 7.09. The van der Waals surface area contributed by atoms with Crippen LogP contribution in [0.5, 0.6) is 5.75 Å². The summed E-state index contributed by atoms with van der Waals surface area (Å²) in [6, 6.07) is 8.18. The highest BCUT2D eigenvalue weighted by Crippen LogP contribution is 2.24. The number of hydrogen-bond donors (Lipinski definition) is 1. The van der Waals surface area contributed by atoms with Gasteiger partial charge in [-0.25, -0.2) is 0 Å². The average molecular weight is 234 g/mol. The molecule has 1 N–H and O–H groups in total. The van der Waals surface area contributed by atoms with Crippen molar-refractivity contribution in [3.05, 3.63) is 40.8 Å². The van der Waals surface area contributed by atoms with E-state index >= 15 is 0 Å². The van der Waals surface area contributed by atoms with Crippen LogP contribution in [0.2, 0.25) is 0 Å². The van der Waals surface area contributed by atoms with E-state index in [2.05, 4.69) is 17.2 Å². The number of aromatic nitrogens is 1. The van der Waals surface area contributed by atoms with Crippen molar-refractivity contribution in [2.75, 3.05) is 12.4 Å². The Bertz CT molecular complexity index is 442. The van der Waals surface area contributed by atoms with Gasteiger partial charge in [0.25, 0.3) is 0 Å². The van der Waals surface area contributed by atoms with Gasteiger partial charge < -0.3 is 10.1 Å². The molecule has 1 aromatic carbocycles. The number of nitrogens with zero attached hydrogens (tertiary/aromatic N) is 1. The smallest absolute Gasteiger partial charge is 0.120 e. The van der Waals surface area contributed by atoms with Gasteiger partial charge >= 0.3 is 0 Å². The van der Waals surface area contributed by atoms with E-state index in [9.17, 15) is 0 Å². The average Bonchev–Trinajstić information content (AvgIpc) is 2.83. The molecule has 1 heterocycles. The fourth-order valence-corrected chi connectivity index (χ4v) is 2.10. The van der Waals surface area contributed by atoms with E-state index in [1.807, 2.05) is 36.0 Å². The van der Waals surface area contributed by atoms with E-state index in [4.69, 9.17) is 4.74 Å². The quantitative estimate of drug-likeness (QED) is 0.881. The third-order valence-corrected chi connectivity index (χ3v) is 3.29. The minimum absolute atomic E-state index is 0.264. The lowest BCUT2D eigenvalue weighted by Crippen LogP contribution is -2.04. The van der Waals surface area contributed by atoms with Crippen molar-refractivity contribution < 1.29 is 4.74 Å². The first-order chi connectivity index (χ1) is 7.79. The molecule has 16 heavy (non-hydrogen) atoms. The van der Waals surface area contributed by atoms with E-state index in [0.717, 1.165) is 11.4 Å². The second-order valence-electron chi connectivity index (χ2n) is 3.50. The van der Waals surface area contributed by atoms with Crippen molar-refractivity contribution >= 4 is 17.0 Å². The van der Waals surface area contributed by atoms with Crippen molar-refractivity contribution in [2.45, 2.75) is 13.0 Å². The molecule has 1 aromatic heterocycles. The van der Waals surface area contributed by atoms with Gasteiger partial charge in [0.05, 0.1) is 18.7 Å².